The lowest BCUT2D eigenvalue weighted by Gasteiger charge is -2.25. The average molecular weight is 604 g/mol. The molecule has 228 valence electrons. The molecule has 1 amide bonds. The average Bonchev–Trinajstić information content (AvgIpc) is 3.72. The number of hydrogen-bond acceptors (Lipinski definition) is 7. The number of halogens is 2. The largest absolute Gasteiger partial charge is 0.462 e. The number of benzene rings is 1. The molecule has 1 fully saturated rings. The van der Waals surface area contributed by atoms with Gasteiger partial charge in [-0.3, -0.25) is 14.1 Å². The molecule has 1 aliphatic carbocycles. The molecule has 44 heavy (non-hydrogen) atoms. The SMILES string of the molecule is CCOC(=O)c1cnc2c(C)cc(-c3cnc4[nH]c5c(N(C)C(=O)OC(C)(C)C)cc(F)c(F)c5c4c3C3CC3)cn2c1=O. The third-order valence-corrected chi connectivity index (χ3v) is 7.62. The standard InChI is InChI=1S/C32H31F2N5O5/c1-7-43-30(41)19-13-36-28-15(2)10-17(14-39(28)29(19)40)18-12-35-27-23(22(18)16-8-9-16)24-25(34)20(33)11-21(26(24)37-27)38(6)31(42)44-32(3,4)5/h10-14,16H,7-9H2,1-6H3,(H,35,37). The van der Waals surface area contributed by atoms with Crippen molar-refractivity contribution >= 4 is 45.3 Å². The number of carbonyl (C=O) groups is 2. The number of anilines is 1. The van der Waals surface area contributed by atoms with E-state index in [1.54, 1.807) is 47.0 Å². The normalized spacial score (nSPS) is 13.5. The predicted octanol–water partition coefficient (Wildman–Crippen LogP) is 6.40. The molecule has 6 rings (SSSR count). The number of nitrogens with one attached hydrogen (secondary N) is 1. The monoisotopic (exact) mass is 603 g/mol. The zero-order valence-electron chi connectivity index (χ0n) is 25.2. The van der Waals surface area contributed by atoms with Crippen molar-refractivity contribution in [2.45, 2.75) is 59.0 Å². The van der Waals surface area contributed by atoms with E-state index >= 15 is 8.78 Å². The Morgan fingerprint density at radius 2 is 1.86 bits per heavy atom. The van der Waals surface area contributed by atoms with E-state index < -0.39 is 34.9 Å². The second kappa shape index (κ2) is 10.4. The first-order valence-corrected chi connectivity index (χ1v) is 14.3. The molecular weight excluding hydrogens is 572 g/mol. The van der Waals surface area contributed by atoms with E-state index in [9.17, 15) is 14.4 Å². The van der Waals surface area contributed by atoms with Crippen LogP contribution < -0.4 is 10.5 Å². The first kappa shape index (κ1) is 29.2. The molecule has 0 bridgehead atoms. The number of rotatable bonds is 5. The molecule has 1 N–H and O–H groups in total. The molecule has 10 nitrogen and oxygen atoms in total. The van der Waals surface area contributed by atoms with Gasteiger partial charge in [-0.1, -0.05) is 0 Å². The number of amides is 1. The minimum atomic E-state index is -1.12. The molecular formula is C32H31F2N5O5. The van der Waals surface area contributed by atoms with E-state index in [-0.39, 0.29) is 34.7 Å². The molecule has 4 aromatic heterocycles. The number of esters is 1. The molecule has 0 unspecified atom stereocenters. The zero-order chi connectivity index (χ0) is 31.7. The highest BCUT2D eigenvalue weighted by Gasteiger charge is 2.33. The third kappa shape index (κ3) is 4.83. The molecule has 12 heteroatoms. The molecule has 0 atom stereocenters. The number of aromatic amines is 1. The second-order valence-corrected chi connectivity index (χ2v) is 12.0. The van der Waals surface area contributed by atoms with E-state index in [4.69, 9.17) is 9.47 Å². The van der Waals surface area contributed by atoms with E-state index in [0.29, 0.717) is 33.4 Å². The maximum Gasteiger partial charge on any atom is 0.414 e. The smallest absolute Gasteiger partial charge is 0.414 e. The van der Waals surface area contributed by atoms with Crippen LogP contribution in [0.4, 0.5) is 19.3 Å². The third-order valence-electron chi connectivity index (χ3n) is 7.62. The van der Waals surface area contributed by atoms with Crippen LogP contribution in [-0.2, 0) is 9.47 Å². The van der Waals surface area contributed by atoms with Crippen molar-refractivity contribution in [3.05, 3.63) is 69.4 Å². The van der Waals surface area contributed by atoms with Gasteiger partial charge in [-0.15, -0.1) is 0 Å². The molecule has 1 saturated carbocycles. The first-order chi connectivity index (χ1) is 20.8. The Morgan fingerprint density at radius 1 is 1.14 bits per heavy atom. The van der Waals surface area contributed by atoms with Gasteiger partial charge in [0.25, 0.3) is 5.56 Å². The highest BCUT2D eigenvalue weighted by atomic mass is 19.2. The lowest BCUT2D eigenvalue weighted by atomic mass is 9.94. The van der Waals surface area contributed by atoms with Crippen LogP contribution in [0.2, 0.25) is 0 Å². The summed E-state index contributed by atoms with van der Waals surface area (Å²) >= 11 is 0. The molecule has 1 aromatic carbocycles. The number of fused-ring (bicyclic) bond motifs is 4. The minimum Gasteiger partial charge on any atom is -0.462 e. The summed E-state index contributed by atoms with van der Waals surface area (Å²) in [6.07, 6.45) is 5.32. The lowest BCUT2D eigenvalue weighted by Crippen LogP contribution is -2.34. The summed E-state index contributed by atoms with van der Waals surface area (Å²) in [6.45, 7) is 8.68. The van der Waals surface area contributed by atoms with Crippen molar-refractivity contribution in [1.82, 2.24) is 19.4 Å². The van der Waals surface area contributed by atoms with E-state index in [1.807, 2.05) is 6.07 Å². The maximum absolute atomic E-state index is 15.7. The van der Waals surface area contributed by atoms with Crippen molar-refractivity contribution in [1.29, 1.82) is 0 Å². The summed E-state index contributed by atoms with van der Waals surface area (Å²) in [5.41, 5.74) is 2.03. The van der Waals surface area contributed by atoms with Crippen LogP contribution >= 0.6 is 0 Å². The molecule has 0 radical (unpaired) electrons. The highest BCUT2D eigenvalue weighted by Crippen LogP contribution is 2.50. The number of aryl methyl sites for hydroxylation is 1. The first-order valence-electron chi connectivity index (χ1n) is 14.3. The molecule has 1 aliphatic rings. The van der Waals surface area contributed by atoms with Crippen LogP contribution in [0.25, 0.3) is 38.7 Å². The van der Waals surface area contributed by atoms with Crippen LogP contribution in [0.15, 0.2) is 35.5 Å². The van der Waals surface area contributed by atoms with Crippen LogP contribution in [0, 0.1) is 18.6 Å². The van der Waals surface area contributed by atoms with Crippen molar-refractivity contribution in [2.24, 2.45) is 0 Å². The number of carbonyl (C=O) groups excluding carboxylic acids is 2. The van der Waals surface area contributed by atoms with Gasteiger partial charge in [0.1, 0.15) is 22.5 Å². The Morgan fingerprint density at radius 3 is 2.52 bits per heavy atom. The Balaban J connectivity index is 1.60. The van der Waals surface area contributed by atoms with Gasteiger partial charge in [-0.05, 0) is 70.6 Å². The summed E-state index contributed by atoms with van der Waals surface area (Å²) in [5, 5.41) is 0.377. The number of nitrogens with zero attached hydrogens (tertiary/aromatic N) is 4. The van der Waals surface area contributed by atoms with Crippen LogP contribution in [0.3, 0.4) is 0 Å². The van der Waals surface area contributed by atoms with Crippen LogP contribution in [0.5, 0.6) is 0 Å². The fraction of sp³-hybridized carbons (Fsp3) is 0.344. The topological polar surface area (TPSA) is 119 Å². The van der Waals surface area contributed by atoms with Gasteiger partial charge in [0, 0.05) is 48.2 Å². The Hall–Kier alpha value is -4.87. The van der Waals surface area contributed by atoms with Crippen molar-refractivity contribution in [2.75, 3.05) is 18.6 Å². The van der Waals surface area contributed by atoms with Gasteiger partial charge < -0.3 is 14.5 Å². The fourth-order valence-corrected chi connectivity index (χ4v) is 5.54. The van der Waals surface area contributed by atoms with Gasteiger partial charge in [0.05, 0.1) is 23.2 Å². The van der Waals surface area contributed by atoms with Gasteiger partial charge >= 0.3 is 12.1 Å². The summed E-state index contributed by atoms with van der Waals surface area (Å²) in [6, 6.07) is 2.80. The summed E-state index contributed by atoms with van der Waals surface area (Å²) in [7, 11) is 1.43. The molecule has 4 heterocycles. The molecule has 0 saturated heterocycles. The van der Waals surface area contributed by atoms with Gasteiger partial charge in [0.15, 0.2) is 11.6 Å². The molecule has 0 aliphatic heterocycles. The number of aromatic nitrogens is 4. The van der Waals surface area contributed by atoms with Crippen molar-refractivity contribution in [3.63, 3.8) is 0 Å². The zero-order valence-corrected chi connectivity index (χ0v) is 25.2. The summed E-state index contributed by atoms with van der Waals surface area (Å²) in [5.74, 6) is -2.93. The summed E-state index contributed by atoms with van der Waals surface area (Å²) in [4.78, 5) is 51.8. The Labute approximate surface area is 250 Å². The summed E-state index contributed by atoms with van der Waals surface area (Å²) < 4.78 is 42.7. The molecule has 5 aromatic rings. The number of H-pyrrole nitrogens is 1. The van der Waals surface area contributed by atoms with Crippen LogP contribution in [-0.4, -0.2) is 50.7 Å². The quantitative estimate of drug-likeness (QED) is 0.231. The Kier molecular flexibility index (Phi) is 6.90. The Bertz CT molecular complexity index is 2070. The number of ether oxygens (including phenoxy) is 2. The fourth-order valence-electron chi connectivity index (χ4n) is 5.54. The maximum atomic E-state index is 15.7. The highest BCUT2D eigenvalue weighted by molar-refractivity contribution is 6.15. The predicted molar refractivity (Wildman–Crippen MR) is 161 cm³/mol. The van der Waals surface area contributed by atoms with Gasteiger partial charge in [0.2, 0.25) is 0 Å². The van der Waals surface area contributed by atoms with E-state index in [0.717, 1.165) is 29.4 Å². The van der Waals surface area contributed by atoms with Gasteiger partial charge in [-0.2, -0.15) is 0 Å². The van der Waals surface area contributed by atoms with Crippen molar-refractivity contribution < 1.29 is 27.8 Å². The van der Waals surface area contributed by atoms with Gasteiger partial charge in [-0.25, -0.2) is 28.3 Å². The number of pyridine rings is 2. The lowest BCUT2D eigenvalue weighted by molar-refractivity contribution is 0.0522. The van der Waals surface area contributed by atoms with E-state index in [1.165, 1.54) is 17.6 Å². The van der Waals surface area contributed by atoms with Crippen LogP contribution in [0.1, 0.15) is 67.9 Å². The molecule has 0 spiro atoms. The number of hydrogen-bond donors (Lipinski definition) is 1. The van der Waals surface area contributed by atoms with Crippen molar-refractivity contribution in [3.8, 4) is 11.1 Å². The minimum absolute atomic E-state index is 0.0254. The second-order valence-electron chi connectivity index (χ2n) is 12.0. The van der Waals surface area contributed by atoms with E-state index in [2.05, 4.69) is 15.0 Å².